The van der Waals surface area contributed by atoms with Gasteiger partial charge in [-0.15, -0.1) is 0 Å². The summed E-state index contributed by atoms with van der Waals surface area (Å²) in [5, 5.41) is 13.1. The average Bonchev–Trinajstić information content (AvgIpc) is 3.11. The van der Waals surface area contributed by atoms with Gasteiger partial charge < -0.3 is 19.8 Å². The summed E-state index contributed by atoms with van der Waals surface area (Å²) >= 11 is 0. The van der Waals surface area contributed by atoms with E-state index >= 15 is 0 Å². The normalized spacial score (nSPS) is 22.5. The fourth-order valence-electron chi connectivity index (χ4n) is 4.46. The first-order chi connectivity index (χ1) is 30.5. The number of phosphoric acid groups is 1. The van der Waals surface area contributed by atoms with E-state index < -0.39 is 128 Å². The van der Waals surface area contributed by atoms with Crippen molar-refractivity contribution >= 4 is 13.7 Å². The number of allylic oxidation sites excluding steroid dienone is 1. The summed E-state index contributed by atoms with van der Waals surface area (Å²) in [7, 11) is 0.587. The van der Waals surface area contributed by atoms with E-state index in [-0.39, 0.29) is 19.6 Å². The van der Waals surface area contributed by atoms with Crippen LogP contribution in [-0.2, 0) is 18.4 Å². The molecule has 0 aliphatic rings. The Morgan fingerprint density at radius 3 is 1.74 bits per heavy atom. The van der Waals surface area contributed by atoms with Crippen molar-refractivity contribution in [3.8, 4) is 0 Å². The van der Waals surface area contributed by atoms with Crippen LogP contribution < -0.4 is 5.32 Å². The highest BCUT2D eigenvalue weighted by Crippen LogP contribution is 2.43. The number of nitrogens with one attached hydrogen (secondary N) is 1. The summed E-state index contributed by atoms with van der Waals surface area (Å²) in [5.41, 5.74) is 0. The number of likely N-dealkylation sites (N-methyl/N-ethyl adjacent to an activating group) is 1. The molecule has 9 heteroatoms. The van der Waals surface area contributed by atoms with Gasteiger partial charge in [-0.3, -0.25) is 13.8 Å². The van der Waals surface area contributed by atoms with E-state index in [1.807, 2.05) is 0 Å². The maximum Gasteiger partial charge on any atom is 0.472 e. The van der Waals surface area contributed by atoms with Crippen molar-refractivity contribution in [2.75, 3.05) is 40.9 Å². The predicted octanol–water partition coefficient (Wildman–Crippen LogP) is 11.2. The van der Waals surface area contributed by atoms with Crippen LogP contribution in [0.1, 0.15) is 218 Å². The van der Waals surface area contributed by atoms with Crippen LogP contribution in [0.25, 0.3) is 0 Å². The standard InChI is InChI=1S/C41H83N2O6P/c1-6-8-10-12-14-16-18-20-21-23-25-27-29-31-33-35-41(45)42-39(38-49-50(46,47)48-37-36-43(3,4)5)40(44)34-32-30-28-26-24-22-19-17-15-13-11-9-7-2/h32,34,39-40,44H,6-31,33,35-38H2,1-5H3,(H-,42,45,46,47)/p+1/b34-32+/t39-,40+/m0/s1/i8D2,12D2,16D2,20D2,23D2,27D2,31D2,33D2,35D2. The van der Waals surface area contributed by atoms with E-state index in [0.29, 0.717) is 10.9 Å². The largest absolute Gasteiger partial charge is 0.472 e. The van der Waals surface area contributed by atoms with Gasteiger partial charge in [0.15, 0.2) is 0 Å². The average molecular weight is 750 g/mol. The molecule has 0 saturated heterocycles. The van der Waals surface area contributed by atoms with E-state index in [0.717, 1.165) is 32.1 Å². The lowest BCUT2D eigenvalue weighted by atomic mass is 10.0. The Morgan fingerprint density at radius 1 is 0.720 bits per heavy atom. The van der Waals surface area contributed by atoms with Gasteiger partial charge >= 0.3 is 7.82 Å². The molecule has 0 spiro atoms. The van der Waals surface area contributed by atoms with Gasteiger partial charge in [-0.2, -0.15) is 0 Å². The second-order valence-corrected chi connectivity index (χ2v) is 14.7. The van der Waals surface area contributed by atoms with Crippen LogP contribution in [0.3, 0.4) is 0 Å². The lowest BCUT2D eigenvalue weighted by Crippen LogP contribution is -2.45. The third-order valence-corrected chi connectivity index (χ3v) is 8.43. The Morgan fingerprint density at radius 2 is 1.22 bits per heavy atom. The molecule has 0 heterocycles. The van der Waals surface area contributed by atoms with Gasteiger partial charge in [-0.1, -0.05) is 180 Å². The fourth-order valence-corrected chi connectivity index (χ4v) is 5.19. The van der Waals surface area contributed by atoms with Crippen molar-refractivity contribution in [1.29, 1.82) is 0 Å². The first-order valence-electron chi connectivity index (χ1n) is 27.6. The van der Waals surface area contributed by atoms with Crippen molar-refractivity contribution in [1.82, 2.24) is 5.32 Å². The predicted molar refractivity (Wildman–Crippen MR) is 212 cm³/mol. The van der Waals surface area contributed by atoms with Crippen molar-refractivity contribution in [2.24, 2.45) is 0 Å². The molecule has 3 atom stereocenters. The van der Waals surface area contributed by atoms with E-state index in [1.54, 1.807) is 27.2 Å². The molecule has 0 rings (SSSR count). The zero-order valence-electron chi connectivity index (χ0n) is 49.8. The number of hydrogen-bond donors (Lipinski definition) is 3. The number of aliphatic hydroxyl groups is 1. The molecule has 0 aromatic carbocycles. The number of aliphatic hydroxyl groups excluding tert-OH is 1. The number of carbonyl (C=O) groups is 1. The molecular formula is C41H84N2O6P+. The molecule has 298 valence electrons. The summed E-state index contributed by atoms with van der Waals surface area (Å²) in [5.74, 6) is -1.84. The van der Waals surface area contributed by atoms with E-state index in [9.17, 15) is 19.4 Å². The second-order valence-electron chi connectivity index (χ2n) is 13.3. The Labute approximate surface area is 335 Å². The SMILES string of the molecule is [2H]C([2H])(CC)CC([2H])([2H])CC([2H])([2H])CC([2H])([2H])CC([2H])([2H])CC([2H])([2H])CC([2H])([2H])C([2H])([2H])C([2H])([2H])C(=O)N[C@@H](COP(=O)(O)OCC[N+](C)(C)C)[C@H](O)/C=C/CCCCCCCCCCCCC. The van der Waals surface area contributed by atoms with Crippen LogP contribution in [0.2, 0.25) is 0 Å². The molecule has 0 aliphatic carbocycles. The zero-order chi connectivity index (χ0) is 53.3. The molecule has 0 bridgehead atoms. The third kappa shape index (κ3) is 35.6. The molecule has 0 fully saturated rings. The smallest absolute Gasteiger partial charge is 0.387 e. The summed E-state index contributed by atoms with van der Waals surface area (Å²) in [6.07, 6.45) is -19.7. The number of nitrogens with zero attached hydrogens (tertiary/aromatic N) is 1. The number of amides is 1. The Balaban J connectivity index is 6.05. The fraction of sp³-hybridized carbons (Fsp3) is 0.927. The number of unbranched alkanes of at least 4 members (excludes halogenated alkanes) is 11. The Bertz CT molecular complexity index is 1570. The number of hydrogen-bond acceptors (Lipinski definition) is 5. The molecular weight excluding hydrogens is 647 g/mol. The van der Waals surface area contributed by atoms with Crippen molar-refractivity contribution < 1.29 is 57.6 Å². The second kappa shape index (κ2) is 34.0. The van der Waals surface area contributed by atoms with Crippen molar-refractivity contribution in [3.05, 3.63) is 12.2 Å². The number of carbonyl (C=O) groups excluding carboxylic acids is 1. The van der Waals surface area contributed by atoms with Crippen LogP contribution in [0.4, 0.5) is 0 Å². The highest BCUT2D eigenvalue weighted by atomic mass is 31.2. The molecule has 0 saturated carbocycles. The maximum absolute atomic E-state index is 13.6. The van der Waals surface area contributed by atoms with Gasteiger partial charge in [0.25, 0.3) is 0 Å². The first-order valence-corrected chi connectivity index (χ1v) is 20.1. The van der Waals surface area contributed by atoms with Gasteiger partial charge in [-0.25, -0.2) is 4.57 Å². The minimum atomic E-state index is -4.82. The topological polar surface area (TPSA) is 105 Å². The summed E-state index contributed by atoms with van der Waals surface area (Å²) in [6, 6.07) is -1.71. The number of phosphoric ester groups is 1. The van der Waals surface area contributed by atoms with E-state index in [1.165, 1.54) is 51.5 Å². The molecule has 3 N–H and O–H groups in total. The molecule has 8 nitrogen and oxygen atoms in total. The summed E-state index contributed by atoms with van der Waals surface area (Å²) in [6.45, 7) is 2.78. The summed E-state index contributed by atoms with van der Waals surface area (Å²) in [4.78, 5) is 23.9. The quantitative estimate of drug-likeness (QED) is 0.0251. The minimum Gasteiger partial charge on any atom is -0.387 e. The molecule has 1 amide bonds. The van der Waals surface area contributed by atoms with E-state index in [4.69, 9.17) is 33.7 Å². The third-order valence-electron chi connectivity index (χ3n) is 7.45. The van der Waals surface area contributed by atoms with Crippen molar-refractivity contribution in [3.63, 3.8) is 0 Å². The number of rotatable bonds is 38. The highest BCUT2D eigenvalue weighted by molar-refractivity contribution is 7.47. The monoisotopic (exact) mass is 750 g/mol. The first kappa shape index (κ1) is 26.1. The van der Waals surface area contributed by atoms with Crippen LogP contribution >= 0.6 is 7.82 Å². The lowest BCUT2D eigenvalue weighted by Gasteiger charge is -2.25. The lowest BCUT2D eigenvalue weighted by molar-refractivity contribution is -0.870. The Hall–Kier alpha value is -0.760. The van der Waals surface area contributed by atoms with Gasteiger partial charge in [0, 0.05) is 31.0 Å². The van der Waals surface area contributed by atoms with Gasteiger partial charge in [0.05, 0.1) is 39.9 Å². The molecule has 1 unspecified atom stereocenters. The number of quaternary nitrogens is 1. The zero-order valence-corrected chi connectivity index (χ0v) is 32.7. The van der Waals surface area contributed by atoms with Gasteiger partial charge in [0.1, 0.15) is 13.2 Å². The minimum absolute atomic E-state index is 0.0578. The van der Waals surface area contributed by atoms with Crippen molar-refractivity contribution in [2.45, 2.75) is 205 Å². The molecule has 0 aliphatic heterocycles. The van der Waals surface area contributed by atoms with Crippen LogP contribution in [0, 0.1) is 0 Å². The Kier molecular flexibility index (Phi) is 17.8. The molecule has 50 heavy (non-hydrogen) atoms. The van der Waals surface area contributed by atoms with Crippen LogP contribution in [0.5, 0.6) is 0 Å². The van der Waals surface area contributed by atoms with E-state index in [2.05, 4.69) is 12.2 Å². The maximum atomic E-state index is 13.6. The highest BCUT2D eigenvalue weighted by Gasteiger charge is 2.27. The van der Waals surface area contributed by atoms with Gasteiger partial charge in [-0.05, 0) is 19.2 Å². The molecule has 0 aromatic rings. The molecule has 0 aromatic heterocycles. The molecule has 0 radical (unpaired) electrons. The van der Waals surface area contributed by atoms with Crippen LogP contribution in [-0.4, -0.2) is 73.4 Å². The van der Waals surface area contributed by atoms with Crippen LogP contribution in [0.15, 0.2) is 12.2 Å². The van der Waals surface area contributed by atoms with Gasteiger partial charge in [0.2, 0.25) is 5.91 Å². The summed E-state index contributed by atoms with van der Waals surface area (Å²) < 4.78 is 173.